The minimum atomic E-state index is -0.103. The van der Waals surface area contributed by atoms with Crippen LogP contribution in [0.4, 0.5) is 9.80 Å². The van der Waals surface area contributed by atoms with Gasteiger partial charge in [0.2, 0.25) is 0 Å². The molecule has 0 saturated heterocycles. The summed E-state index contributed by atoms with van der Waals surface area (Å²) in [7, 11) is 1.77. The Balaban J connectivity index is 2.13. The van der Waals surface area contributed by atoms with Crippen LogP contribution in [0, 0.1) is 6.92 Å². The van der Waals surface area contributed by atoms with Crippen LogP contribution in [-0.2, 0) is 0 Å². The SMILES string of the molecule is CSCCNC(=O)N(C)c1sc(-c2cccnc2)nc1C. The maximum atomic E-state index is 12.1. The first-order chi connectivity index (χ1) is 10.1. The number of aryl methyl sites for hydroxylation is 1. The second-order valence-corrected chi connectivity index (χ2v) is 6.40. The minimum Gasteiger partial charge on any atom is -0.337 e. The van der Waals surface area contributed by atoms with Gasteiger partial charge in [-0.2, -0.15) is 11.8 Å². The van der Waals surface area contributed by atoms with Crippen LogP contribution in [0.5, 0.6) is 0 Å². The molecule has 0 aliphatic heterocycles. The van der Waals surface area contributed by atoms with Crippen molar-refractivity contribution in [2.24, 2.45) is 0 Å². The molecule has 7 heteroatoms. The molecule has 0 fully saturated rings. The van der Waals surface area contributed by atoms with E-state index >= 15 is 0 Å². The van der Waals surface area contributed by atoms with Crippen molar-refractivity contribution in [1.29, 1.82) is 0 Å². The molecule has 0 bridgehead atoms. The summed E-state index contributed by atoms with van der Waals surface area (Å²) in [5, 5.41) is 4.62. The summed E-state index contributed by atoms with van der Waals surface area (Å²) in [4.78, 5) is 22.3. The fourth-order valence-corrected chi connectivity index (χ4v) is 3.11. The average molecular weight is 322 g/mol. The summed E-state index contributed by atoms with van der Waals surface area (Å²) in [6, 6.07) is 3.74. The number of carbonyl (C=O) groups excluding carboxylic acids is 1. The molecule has 0 aromatic carbocycles. The molecule has 5 nitrogen and oxygen atoms in total. The number of anilines is 1. The van der Waals surface area contributed by atoms with Crippen molar-refractivity contribution in [3.8, 4) is 10.6 Å². The van der Waals surface area contributed by atoms with Crippen LogP contribution in [0.1, 0.15) is 5.69 Å². The Hall–Kier alpha value is -1.60. The number of aromatic nitrogens is 2. The molecule has 2 aromatic rings. The van der Waals surface area contributed by atoms with Crippen LogP contribution in [-0.4, -0.2) is 41.6 Å². The zero-order valence-corrected chi connectivity index (χ0v) is 13.9. The zero-order chi connectivity index (χ0) is 15.2. The third-order valence-electron chi connectivity index (χ3n) is 2.87. The highest BCUT2D eigenvalue weighted by atomic mass is 32.2. The lowest BCUT2D eigenvalue weighted by Crippen LogP contribution is -2.38. The Morgan fingerprint density at radius 3 is 3.00 bits per heavy atom. The summed E-state index contributed by atoms with van der Waals surface area (Å²) in [6.07, 6.45) is 5.53. The van der Waals surface area contributed by atoms with Crippen molar-refractivity contribution >= 4 is 34.1 Å². The van der Waals surface area contributed by atoms with Gasteiger partial charge in [0.1, 0.15) is 10.0 Å². The van der Waals surface area contributed by atoms with Crippen molar-refractivity contribution in [1.82, 2.24) is 15.3 Å². The van der Waals surface area contributed by atoms with Crippen molar-refractivity contribution in [2.45, 2.75) is 6.92 Å². The van der Waals surface area contributed by atoms with E-state index in [0.29, 0.717) is 6.54 Å². The van der Waals surface area contributed by atoms with Crippen LogP contribution in [0.15, 0.2) is 24.5 Å². The molecular formula is C14H18N4OS2. The molecule has 1 N–H and O–H groups in total. The molecular weight excluding hydrogens is 304 g/mol. The van der Waals surface area contributed by atoms with Crippen molar-refractivity contribution in [3.05, 3.63) is 30.2 Å². The minimum absolute atomic E-state index is 0.103. The van der Waals surface area contributed by atoms with E-state index in [1.165, 1.54) is 11.3 Å². The quantitative estimate of drug-likeness (QED) is 0.860. The summed E-state index contributed by atoms with van der Waals surface area (Å²) < 4.78 is 0. The Morgan fingerprint density at radius 1 is 1.52 bits per heavy atom. The zero-order valence-electron chi connectivity index (χ0n) is 12.3. The standard InChI is InChI=1S/C14H18N4OS2/c1-10-13(18(2)14(19)16-7-8-20-3)21-12(17-10)11-5-4-6-15-9-11/h4-6,9H,7-8H2,1-3H3,(H,16,19). The molecule has 0 saturated carbocycles. The molecule has 2 rings (SSSR count). The number of hydrogen-bond acceptors (Lipinski definition) is 5. The maximum Gasteiger partial charge on any atom is 0.322 e. The summed E-state index contributed by atoms with van der Waals surface area (Å²) in [6.45, 7) is 2.58. The number of pyridine rings is 1. The first kappa shape index (κ1) is 15.8. The summed E-state index contributed by atoms with van der Waals surface area (Å²) in [5.74, 6) is 0.905. The normalized spacial score (nSPS) is 10.4. The highest BCUT2D eigenvalue weighted by Gasteiger charge is 2.17. The summed E-state index contributed by atoms with van der Waals surface area (Å²) in [5.41, 5.74) is 1.81. The van der Waals surface area contributed by atoms with Crippen LogP contribution < -0.4 is 10.2 Å². The fourth-order valence-electron chi connectivity index (χ4n) is 1.78. The molecule has 2 aromatic heterocycles. The fraction of sp³-hybridized carbons (Fsp3) is 0.357. The van der Waals surface area contributed by atoms with Crippen LogP contribution in [0.25, 0.3) is 10.6 Å². The topological polar surface area (TPSA) is 58.1 Å². The molecule has 2 amide bonds. The molecule has 2 heterocycles. The molecule has 112 valence electrons. The number of thiazole rings is 1. The van der Waals surface area contributed by atoms with Gasteiger partial charge in [0.05, 0.1) is 5.69 Å². The average Bonchev–Trinajstić information content (AvgIpc) is 2.89. The largest absolute Gasteiger partial charge is 0.337 e. The van der Waals surface area contributed by atoms with E-state index in [1.54, 1.807) is 36.1 Å². The molecule has 0 radical (unpaired) electrons. The molecule has 0 aliphatic rings. The van der Waals surface area contributed by atoms with E-state index in [9.17, 15) is 4.79 Å². The highest BCUT2D eigenvalue weighted by Crippen LogP contribution is 2.33. The van der Waals surface area contributed by atoms with Gasteiger partial charge in [0.25, 0.3) is 0 Å². The van der Waals surface area contributed by atoms with E-state index in [2.05, 4.69) is 15.3 Å². The van der Waals surface area contributed by atoms with Gasteiger partial charge in [-0.05, 0) is 25.3 Å². The van der Waals surface area contributed by atoms with Gasteiger partial charge < -0.3 is 5.32 Å². The van der Waals surface area contributed by atoms with Crippen molar-refractivity contribution < 1.29 is 4.79 Å². The lowest BCUT2D eigenvalue weighted by atomic mass is 10.3. The Labute approximate surface area is 132 Å². The first-order valence-electron chi connectivity index (χ1n) is 6.51. The smallest absolute Gasteiger partial charge is 0.322 e. The molecule has 21 heavy (non-hydrogen) atoms. The van der Waals surface area contributed by atoms with Gasteiger partial charge in [0, 0.05) is 37.3 Å². The van der Waals surface area contributed by atoms with E-state index in [-0.39, 0.29) is 6.03 Å². The number of amides is 2. The molecule has 0 aliphatic carbocycles. The predicted molar refractivity (Wildman–Crippen MR) is 90.3 cm³/mol. The number of hydrogen-bond donors (Lipinski definition) is 1. The highest BCUT2D eigenvalue weighted by molar-refractivity contribution is 7.98. The monoisotopic (exact) mass is 322 g/mol. The Morgan fingerprint density at radius 2 is 2.33 bits per heavy atom. The van der Waals surface area contributed by atoms with Gasteiger partial charge in [-0.1, -0.05) is 11.3 Å². The van der Waals surface area contributed by atoms with Crippen LogP contribution in [0.3, 0.4) is 0 Å². The number of thioether (sulfide) groups is 1. The summed E-state index contributed by atoms with van der Waals surface area (Å²) >= 11 is 3.20. The lowest BCUT2D eigenvalue weighted by molar-refractivity contribution is 0.248. The van der Waals surface area contributed by atoms with Crippen LogP contribution >= 0.6 is 23.1 Å². The number of nitrogens with one attached hydrogen (secondary N) is 1. The molecule has 0 atom stereocenters. The second kappa shape index (κ2) is 7.42. The van der Waals surface area contributed by atoms with E-state index in [0.717, 1.165) is 27.0 Å². The number of urea groups is 1. The van der Waals surface area contributed by atoms with Crippen molar-refractivity contribution in [2.75, 3.05) is 30.5 Å². The maximum absolute atomic E-state index is 12.1. The van der Waals surface area contributed by atoms with E-state index in [1.807, 2.05) is 25.3 Å². The third kappa shape index (κ3) is 3.95. The number of rotatable bonds is 5. The number of carbonyl (C=O) groups is 1. The van der Waals surface area contributed by atoms with Gasteiger partial charge in [-0.15, -0.1) is 0 Å². The van der Waals surface area contributed by atoms with Crippen molar-refractivity contribution in [3.63, 3.8) is 0 Å². The van der Waals surface area contributed by atoms with Gasteiger partial charge >= 0.3 is 6.03 Å². The predicted octanol–water partition coefficient (Wildman–Crippen LogP) is 3.02. The molecule has 0 unspecified atom stereocenters. The molecule has 0 spiro atoms. The van der Waals surface area contributed by atoms with Gasteiger partial charge in [-0.25, -0.2) is 9.78 Å². The Bertz CT molecular complexity index is 600. The Kier molecular flexibility index (Phi) is 5.58. The first-order valence-corrected chi connectivity index (χ1v) is 8.73. The lowest BCUT2D eigenvalue weighted by Gasteiger charge is -2.16. The van der Waals surface area contributed by atoms with Gasteiger partial charge in [-0.3, -0.25) is 9.88 Å². The van der Waals surface area contributed by atoms with E-state index in [4.69, 9.17) is 0 Å². The van der Waals surface area contributed by atoms with E-state index < -0.39 is 0 Å². The number of nitrogens with zero attached hydrogens (tertiary/aromatic N) is 3. The second-order valence-electron chi connectivity index (χ2n) is 4.44. The third-order valence-corrected chi connectivity index (χ3v) is 4.77. The van der Waals surface area contributed by atoms with Gasteiger partial charge in [0.15, 0.2) is 0 Å². The van der Waals surface area contributed by atoms with Crippen LogP contribution in [0.2, 0.25) is 0 Å².